The number of rotatable bonds is 5. The maximum atomic E-state index is 12.5. The number of carbonyl (C=O) groups excluding carboxylic acids is 2. The molecule has 128 valence electrons. The van der Waals surface area contributed by atoms with Gasteiger partial charge in [-0.25, -0.2) is 8.42 Å². The van der Waals surface area contributed by atoms with Crippen LogP contribution >= 0.6 is 11.3 Å². The highest BCUT2D eigenvalue weighted by molar-refractivity contribution is 7.91. The molecule has 0 aromatic carbocycles. The number of nitrogens with one attached hydrogen (secondary N) is 1. The molecule has 1 aromatic heterocycles. The van der Waals surface area contributed by atoms with Gasteiger partial charge in [-0.3, -0.25) is 9.59 Å². The molecule has 2 amide bonds. The van der Waals surface area contributed by atoms with Gasteiger partial charge in [-0.05, 0) is 12.8 Å². The average Bonchev–Trinajstić information content (AvgIpc) is 2.96. The summed E-state index contributed by atoms with van der Waals surface area (Å²) in [6, 6.07) is 0. The Morgan fingerprint density at radius 3 is 2.43 bits per heavy atom. The van der Waals surface area contributed by atoms with Crippen molar-refractivity contribution >= 4 is 38.3 Å². The van der Waals surface area contributed by atoms with Crippen molar-refractivity contribution in [3.05, 3.63) is 0 Å². The van der Waals surface area contributed by atoms with E-state index in [9.17, 15) is 18.0 Å². The number of sulfonamides is 1. The predicted molar refractivity (Wildman–Crippen MR) is 84.1 cm³/mol. The Morgan fingerprint density at radius 2 is 1.91 bits per heavy atom. The molecule has 1 saturated heterocycles. The third kappa shape index (κ3) is 4.03. The Kier molecular flexibility index (Phi) is 5.32. The van der Waals surface area contributed by atoms with Crippen LogP contribution in [-0.4, -0.2) is 47.8 Å². The maximum absolute atomic E-state index is 12.5. The van der Waals surface area contributed by atoms with Crippen LogP contribution < -0.4 is 11.1 Å². The van der Waals surface area contributed by atoms with Gasteiger partial charge in [0.2, 0.25) is 21.3 Å². The van der Waals surface area contributed by atoms with E-state index in [1.807, 2.05) is 0 Å². The van der Waals surface area contributed by atoms with Gasteiger partial charge in [-0.1, -0.05) is 25.2 Å². The van der Waals surface area contributed by atoms with Gasteiger partial charge in [0.15, 0.2) is 0 Å². The number of nitrogens with zero attached hydrogens (tertiary/aromatic N) is 3. The average molecular weight is 361 g/mol. The summed E-state index contributed by atoms with van der Waals surface area (Å²) in [6.45, 7) is 3.86. The van der Waals surface area contributed by atoms with E-state index in [2.05, 4.69) is 15.5 Å². The van der Waals surface area contributed by atoms with Crippen molar-refractivity contribution in [1.82, 2.24) is 14.5 Å². The molecule has 0 atom stereocenters. The van der Waals surface area contributed by atoms with Crippen molar-refractivity contribution in [3.63, 3.8) is 0 Å². The zero-order chi connectivity index (χ0) is 17.2. The number of hydrogen-bond donors (Lipinski definition) is 2. The molecule has 0 bridgehead atoms. The lowest BCUT2D eigenvalue weighted by Gasteiger charge is -2.28. The smallest absolute Gasteiger partial charge is 0.272 e. The summed E-state index contributed by atoms with van der Waals surface area (Å²) < 4.78 is 26.1. The number of aromatic nitrogens is 2. The van der Waals surface area contributed by atoms with Crippen molar-refractivity contribution in [3.8, 4) is 0 Å². The SMILES string of the molecule is CC(C)C(=O)Nc1nnc(S(=O)(=O)N2CCC(C(N)=O)CC2)s1. The fraction of sp³-hybridized carbons (Fsp3) is 0.667. The van der Waals surface area contributed by atoms with Crippen molar-refractivity contribution in [1.29, 1.82) is 0 Å². The van der Waals surface area contributed by atoms with Crippen molar-refractivity contribution in [2.24, 2.45) is 17.6 Å². The first kappa shape index (κ1) is 17.8. The standard InChI is InChI=1S/C12H19N5O4S2/c1-7(2)10(19)14-11-15-16-12(22-11)23(20,21)17-5-3-8(4-6-17)9(13)18/h7-8H,3-6H2,1-2H3,(H2,13,18)(H,14,15,19). The number of piperidine rings is 1. The van der Waals surface area contributed by atoms with E-state index in [1.165, 1.54) is 4.31 Å². The molecule has 2 heterocycles. The highest BCUT2D eigenvalue weighted by Crippen LogP contribution is 2.27. The Hall–Kier alpha value is -1.59. The van der Waals surface area contributed by atoms with E-state index in [0.29, 0.717) is 12.8 Å². The minimum atomic E-state index is -3.77. The molecule has 0 unspecified atom stereocenters. The molecule has 1 fully saturated rings. The van der Waals surface area contributed by atoms with E-state index in [4.69, 9.17) is 5.73 Å². The lowest BCUT2D eigenvalue weighted by Crippen LogP contribution is -2.41. The number of carbonyl (C=O) groups is 2. The van der Waals surface area contributed by atoms with E-state index >= 15 is 0 Å². The largest absolute Gasteiger partial charge is 0.369 e. The molecule has 3 N–H and O–H groups in total. The first-order chi connectivity index (χ1) is 10.7. The van der Waals surface area contributed by atoms with Crippen LogP contribution in [-0.2, 0) is 19.6 Å². The van der Waals surface area contributed by atoms with Crippen LogP contribution in [0.1, 0.15) is 26.7 Å². The third-order valence-electron chi connectivity index (χ3n) is 3.58. The maximum Gasteiger partial charge on any atom is 0.272 e. The number of nitrogens with two attached hydrogens (primary N) is 1. The lowest BCUT2D eigenvalue weighted by molar-refractivity contribution is -0.123. The topological polar surface area (TPSA) is 135 Å². The second kappa shape index (κ2) is 6.89. The summed E-state index contributed by atoms with van der Waals surface area (Å²) in [5.74, 6) is -1.20. The van der Waals surface area contributed by atoms with Crippen LogP contribution in [0, 0.1) is 11.8 Å². The van der Waals surface area contributed by atoms with E-state index < -0.39 is 15.9 Å². The van der Waals surface area contributed by atoms with Crippen molar-refractivity contribution < 1.29 is 18.0 Å². The van der Waals surface area contributed by atoms with Gasteiger partial charge in [0.1, 0.15) is 0 Å². The molecule has 0 aliphatic carbocycles. The van der Waals surface area contributed by atoms with Crippen molar-refractivity contribution in [2.75, 3.05) is 18.4 Å². The minimum Gasteiger partial charge on any atom is -0.369 e. The Labute approximate surface area is 138 Å². The van der Waals surface area contributed by atoms with Crippen LogP contribution in [0.15, 0.2) is 4.34 Å². The van der Waals surface area contributed by atoms with Gasteiger partial charge in [-0.15, -0.1) is 10.2 Å². The molecule has 9 nitrogen and oxygen atoms in total. The summed E-state index contributed by atoms with van der Waals surface area (Å²) in [7, 11) is -3.77. The van der Waals surface area contributed by atoms with E-state index in [0.717, 1.165) is 11.3 Å². The van der Waals surface area contributed by atoms with Gasteiger partial charge in [0.05, 0.1) is 0 Å². The fourth-order valence-electron chi connectivity index (χ4n) is 2.11. The van der Waals surface area contributed by atoms with Gasteiger partial charge < -0.3 is 11.1 Å². The van der Waals surface area contributed by atoms with Gasteiger partial charge in [0.25, 0.3) is 10.0 Å². The van der Waals surface area contributed by atoms with Crippen LogP contribution in [0.25, 0.3) is 0 Å². The lowest BCUT2D eigenvalue weighted by atomic mass is 9.98. The molecule has 1 aliphatic rings. The second-order valence-corrected chi connectivity index (χ2v) is 8.69. The van der Waals surface area contributed by atoms with Crippen LogP contribution in [0.4, 0.5) is 5.13 Å². The fourth-order valence-corrected chi connectivity index (χ4v) is 4.62. The Bertz CT molecular complexity index is 692. The molecule has 0 radical (unpaired) electrons. The number of primary amides is 1. The Balaban J connectivity index is 2.07. The molecule has 11 heteroatoms. The van der Waals surface area contributed by atoms with Gasteiger partial charge >= 0.3 is 0 Å². The predicted octanol–water partition coefficient (Wildman–Crippen LogP) is 0.0186. The molecule has 0 spiro atoms. The molecule has 1 aromatic rings. The zero-order valence-electron chi connectivity index (χ0n) is 12.9. The quantitative estimate of drug-likeness (QED) is 0.710. The van der Waals surface area contributed by atoms with Crippen LogP contribution in [0.5, 0.6) is 0 Å². The van der Waals surface area contributed by atoms with Crippen LogP contribution in [0.2, 0.25) is 0 Å². The number of anilines is 1. The molecular formula is C12H19N5O4S2. The number of amides is 2. The first-order valence-electron chi connectivity index (χ1n) is 7.15. The monoisotopic (exact) mass is 361 g/mol. The van der Waals surface area contributed by atoms with E-state index in [1.54, 1.807) is 13.8 Å². The summed E-state index contributed by atoms with van der Waals surface area (Å²) in [6.07, 6.45) is 0.786. The molecule has 2 rings (SSSR count). The van der Waals surface area contributed by atoms with Gasteiger partial charge in [-0.2, -0.15) is 4.31 Å². The molecule has 0 saturated carbocycles. The molecule has 1 aliphatic heterocycles. The van der Waals surface area contributed by atoms with Crippen LogP contribution in [0.3, 0.4) is 0 Å². The highest BCUT2D eigenvalue weighted by Gasteiger charge is 2.33. The summed E-state index contributed by atoms with van der Waals surface area (Å²) in [5.41, 5.74) is 5.24. The summed E-state index contributed by atoms with van der Waals surface area (Å²) in [4.78, 5) is 22.7. The summed E-state index contributed by atoms with van der Waals surface area (Å²) in [5, 5.41) is 10.0. The molecular weight excluding hydrogens is 342 g/mol. The number of hydrogen-bond acceptors (Lipinski definition) is 7. The summed E-state index contributed by atoms with van der Waals surface area (Å²) >= 11 is 0.811. The Morgan fingerprint density at radius 1 is 1.30 bits per heavy atom. The highest BCUT2D eigenvalue weighted by atomic mass is 32.2. The first-order valence-corrected chi connectivity index (χ1v) is 9.41. The molecule has 23 heavy (non-hydrogen) atoms. The van der Waals surface area contributed by atoms with Gasteiger partial charge in [0, 0.05) is 24.9 Å². The van der Waals surface area contributed by atoms with E-state index in [-0.39, 0.29) is 40.3 Å². The second-order valence-electron chi connectivity index (χ2n) is 5.60. The zero-order valence-corrected chi connectivity index (χ0v) is 14.5. The third-order valence-corrected chi connectivity index (χ3v) is 6.66. The normalized spacial score (nSPS) is 17.3. The van der Waals surface area contributed by atoms with Crippen molar-refractivity contribution in [2.45, 2.75) is 31.0 Å². The minimum absolute atomic E-state index is 0.147.